The molecule has 1 aliphatic carbocycles. The Kier molecular flexibility index (Phi) is 4.43. The van der Waals surface area contributed by atoms with Crippen molar-refractivity contribution in [3.63, 3.8) is 0 Å². The number of amides is 2. The molecular formula is C27H18ClNO5. The summed E-state index contributed by atoms with van der Waals surface area (Å²) in [5.74, 6) is -4.61. The molecule has 0 aromatic heterocycles. The zero-order valence-corrected chi connectivity index (χ0v) is 18.8. The van der Waals surface area contributed by atoms with Crippen molar-refractivity contribution in [1.29, 1.82) is 0 Å². The van der Waals surface area contributed by atoms with Gasteiger partial charge in [0.2, 0.25) is 29.0 Å². The van der Waals surface area contributed by atoms with E-state index < -0.39 is 46.9 Å². The van der Waals surface area contributed by atoms with Crippen LogP contribution in [-0.2, 0) is 14.3 Å². The minimum atomic E-state index is -2.09. The van der Waals surface area contributed by atoms with Gasteiger partial charge >= 0.3 is 0 Å². The molecule has 34 heavy (non-hydrogen) atoms. The van der Waals surface area contributed by atoms with Crippen LogP contribution in [0.2, 0.25) is 5.02 Å². The number of ketones is 2. The lowest BCUT2D eigenvalue weighted by Crippen LogP contribution is -2.51. The molecule has 6 rings (SSSR count). The number of halogens is 1. The summed E-state index contributed by atoms with van der Waals surface area (Å²) in [4.78, 5) is 56.1. The normalized spacial score (nSPS) is 24.8. The van der Waals surface area contributed by atoms with Crippen LogP contribution in [0.1, 0.15) is 37.9 Å². The summed E-state index contributed by atoms with van der Waals surface area (Å²) in [6.07, 6.45) is -0.988. The number of carbonyl (C=O) groups excluding carboxylic acids is 4. The zero-order valence-electron chi connectivity index (χ0n) is 18.0. The van der Waals surface area contributed by atoms with Crippen LogP contribution in [0.4, 0.5) is 5.69 Å². The molecule has 3 aromatic rings. The molecule has 3 aromatic carbocycles. The van der Waals surface area contributed by atoms with Crippen molar-refractivity contribution in [3.8, 4) is 0 Å². The van der Waals surface area contributed by atoms with Crippen molar-refractivity contribution < 1.29 is 23.9 Å². The van der Waals surface area contributed by atoms with Gasteiger partial charge in [-0.05, 0) is 36.8 Å². The van der Waals surface area contributed by atoms with Crippen LogP contribution in [0.3, 0.4) is 0 Å². The summed E-state index contributed by atoms with van der Waals surface area (Å²) in [6.45, 7) is 1.90. The minimum absolute atomic E-state index is 0.201. The van der Waals surface area contributed by atoms with E-state index in [-0.39, 0.29) is 11.1 Å². The van der Waals surface area contributed by atoms with Gasteiger partial charge in [-0.2, -0.15) is 0 Å². The van der Waals surface area contributed by atoms with Crippen molar-refractivity contribution in [3.05, 3.63) is 100 Å². The maximum absolute atomic E-state index is 13.8. The van der Waals surface area contributed by atoms with E-state index in [2.05, 4.69) is 0 Å². The Morgan fingerprint density at radius 2 is 1.47 bits per heavy atom. The lowest BCUT2D eigenvalue weighted by molar-refractivity contribution is -0.127. The summed E-state index contributed by atoms with van der Waals surface area (Å²) in [5, 5.41) is 0.415. The largest absolute Gasteiger partial charge is 0.349 e. The van der Waals surface area contributed by atoms with Crippen molar-refractivity contribution in [1.82, 2.24) is 0 Å². The van der Waals surface area contributed by atoms with Gasteiger partial charge < -0.3 is 4.74 Å². The second-order valence-corrected chi connectivity index (χ2v) is 9.32. The Hall–Kier alpha value is -3.61. The number of ether oxygens (including phenoxy) is 1. The van der Waals surface area contributed by atoms with Gasteiger partial charge in [-0.1, -0.05) is 65.7 Å². The fourth-order valence-electron chi connectivity index (χ4n) is 5.45. The van der Waals surface area contributed by atoms with Gasteiger partial charge in [0.05, 0.1) is 23.6 Å². The second kappa shape index (κ2) is 7.19. The first kappa shape index (κ1) is 21.0. The Bertz CT molecular complexity index is 1380. The molecule has 1 spiro atoms. The summed E-state index contributed by atoms with van der Waals surface area (Å²) < 4.78 is 6.24. The Labute approximate surface area is 200 Å². The first-order valence-electron chi connectivity index (χ1n) is 10.9. The quantitative estimate of drug-likeness (QED) is 0.410. The number of fused-ring (bicyclic) bond motifs is 3. The van der Waals surface area contributed by atoms with E-state index in [1.165, 1.54) is 0 Å². The minimum Gasteiger partial charge on any atom is -0.349 e. The summed E-state index contributed by atoms with van der Waals surface area (Å²) in [5.41, 5.74) is 0.205. The molecule has 0 radical (unpaired) electrons. The van der Waals surface area contributed by atoms with E-state index in [4.69, 9.17) is 16.3 Å². The SMILES string of the molecule is Cc1ccc(N2C(=O)[C@@H]3[C@@H](C2=O)C2(O[C@H]3c3cccc(Cl)c3)C(=O)c3ccccc3C2=O)cc1. The van der Waals surface area contributed by atoms with Gasteiger partial charge in [-0.15, -0.1) is 0 Å². The van der Waals surface area contributed by atoms with Crippen LogP contribution in [0.25, 0.3) is 0 Å². The van der Waals surface area contributed by atoms with Gasteiger partial charge in [0, 0.05) is 16.1 Å². The Morgan fingerprint density at radius 3 is 2.09 bits per heavy atom. The average Bonchev–Trinajstić information content (AvgIpc) is 3.40. The number of rotatable bonds is 2. The van der Waals surface area contributed by atoms with Crippen LogP contribution >= 0.6 is 11.6 Å². The van der Waals surface area contributed by atoms with Crippen LogP contribution < -0.4 is 4.90 Å². The number of anilines is 1. The molecule has 2 fully saturated rings. The van der Waals surface area contributed by atoms with Crippen LogP contribution in [0.5, 0.6) is 0 Å². The van der Waals surface area contributed by atoms with Crippen molar-refractivity contribution in [2.75, 3.05) is 4.90 Å². The summed E-state index contributed by atoms with van der Waals surface area (Å²) >= 11 is 6.20. The summed E-state index contributed by atoms with van der Waals surface area (Å²) in [7, 11) is 0. The van der Waals surface area contributed by atoms with Crippen molar-refractivity contribution in [2.45, 2.75) is 18.6 Å². The lowest BCUT2D eigenvalue weighted by atomic mass is 9.77. The van der Waals surface area contributed by atoms with Gasteiger partial charge in [0.15, 0.2) is 0 Å². The number of imide groups is 1. The predicted octanol–water partition coefficient (Wildman–Crippen LogP) is 4.34. The average molecular weight is 472 g/mol. The molecule has 2 aliphatic heterocycles. The van der Waals surface area contributed by atoms with Crippen molar-refractivity contribution >= 4 is 40.7 Å². The first-order chi connectivity index (χ1) is 16.3. The molecule has 7 heteroatoms. The summed E-state index contributed by atoms with van der Waals surface area (Å²) in [6, 6.07) is 20.1. The third-order valence-electron chi connectivity index (χ3n) is 6.99. The highest BCUT2D eigenvalue weighted by molar-refractivity contribution is 6.37. The molecule has 0 saturated carbocycles. The highest BCUT2D eigenvalue weighted by atomic mass is 35.5. The smallest absolute Gasteiger partial charge is 0.241 e. The molecule has 6 nitrogen and oxygen atoms in total. The van der Waals surface area contributed by atoms with Crippen LogP contribution in [-0.4, -0.2) is 29.0 Å². The molecule has 2 amide bonds. The molecule has 3 atom stereocenters. The van der Waals surface area contributed by atoms with E-state index in [0.717, 1.165) is 10.5 Å². The number of benzene rings is 3. The monoisotopic (exact) mass is 471 g/mol. The number of nitrogens with zero attached hydrogens (tertiary/aromatic N) is 1. The van der Waals surface area contributed by atoms with E-state index in [1.54, 1.807) is 72.8 Å². The molecular weight excluding hydrogens is 454 g/mol. The highest BCUT2D eigenvalue weighted by Gasteiger charge is 2.74. The molecule has 0 unspecified atom stereocenters. The third-order valence-corrected chi connectivity index (χ3v) is 7.22. The second-order valence-electron chi connectivity index (χ2n) is 8.88. The maximum Gasteiger partial charge on any atom is 0.241 e. The molecule has 0 N–H and O–H groups in total. The Morgan fingerprint density at radius 1 is 0.824 bits per heavy atom. The number of Topliss-reactive ketones (excluding diaryl/α,β-unsaturated/α-hetero) is 2. The molecule has 2 saturated heterocycles. The van der Waals surface area contributed by atoms with E-state index in [9.17, 15) is 19.2 Å². The van der Waals surface area contributed by atoms with Crippen LogP contribution in [0.15, 0.2) is 72.8 Å². The van der Waals surface area contributed by atoms with Crippen molar-refractivity contribution in [2.24, 2.45) is 11.8 Å². The molecule has 168 valence electrons. The fourth-order valence-corrected chi connectivity index (χ4v) is 5.65. The number of hydrogen-bond donors (Lipinski definition) is 0. The third kappa shape index (κ3) is 2.61. The van der Waals surface area contributed by atoms with Gasteiger partial charge in [0.25, 0.3) is 0 Å². The maximum atomic E-state index is 13.8. The first-order valence-corrected chi connectivity index (χ1v) is 11.3. The van der Waals surface area contributed by atoms with Gasteiger partial charge in [0.1, 0.15) is 0 Å². The predicted molar refractivity (Wildman–Crippen MR) is 124 cm³/mol. The van der Waals surface area contributed by atoms with E-state index in [0.29, 0.717) is 16.3 Å². The van der Waals surface area contributed by atoms with Gasteiger partial charge in [-0.3, -0.25) is 19.2 Å². The van der Waals surface area contributed by atoms with E-state index in [1.807, 2.05) is 6.92 Å². The standard InChI is InChI=1S/C27H18ClNO5/c1-14-9-11-17(12-10-14)29-25(32)20-21(26(29)33)27(34-22(20)15-5-4-6-16(28)13-15)23(30)18-7-2-3-8-19(18)24(27)31/h2-13,20-22H,1H3/t20-,21+,22+/m1/s1. The number of aryl methyl sites for hydroxylation is 1. The lowest BCUT2D eigenvalue weighted by Gasteiger charge is -2.27. The molecule has 3 aliphatic rings. The number of carbonyl (C=O) groups is 4. The molecule has 2 heterocycles. The number of hydrogen-bond acceptors (Lipinski definition) is 5. The Balaban J connectivity index is 1.55. The molecule has 0 bridgehead atoms. The van der Waals surface area contributed by atoms with Gasteiger partial charge in [-0.25, -0.2) is 4.90 Å². The zero-order chi connectivity index (χ0) is 23.8. The fraction of sp³-hybridized carbons (Fsp3) is 0.185. The topological polar surface area (TPSA) is 80.8 Å². The van der Waals surface area contributed by atoms with Crippen LogP contribution in [0, 0.1) is 18.8 Å². The van der Waals surface area contributed by atoms with E-state index >= 15 is 0 Å². The highest BCUT2D eigenvalue weighted by Crippen LogP contribution is 2.57.